The van der Waals surface area contributed by atoms with Crippen LogP contribution in [0.2, 0.25) is 0 Å². The van der Waals surface area contributed by atoms with Crippen LogP contribution in [0.1, 0.15) is 0 Å². The van der Waals surface area contributed by atoms with Crippen LogP contribution in [0.5, 0.6) is 23.0 Å². The maximum absolute atomic E-state index is 13.6. The van der Waals surface area contributed by atoms with Gasteiger partial charge in [-0.05, 0) is 48.5 Å². The molecule has 0 unspecified atom stereocenters. The van der Waals surface area contributed by atoms with Gasteiger partial charge in [-0.25, -0.2) is 8.42 Å². The Bertz CT molecular complexity index is 1240. The van der Waals surface area contributed by atoms with Crippen LogP contribution in [0.4, 0.5) is 11.4 Å². The number of hydrogen-bond acceptors (Lipinski definition) is 6. The number of hydrogen-bond donors (Lipinski definition) is 2. The third-order valence-electron chi connectivity index (χ3n) is 4.56. The summed E-state index contributed by atoms with van der Waals surface area (Å²) in [6.07, 6.45) is 0. The van der Waals surface area contributed by atoms with E-state index in [0.717, 1.165) is 0 Å². The summed E-state index contributed by atoms with van der Waals surface area (Å²) >= 11 is 0. The topological polar surface area (TPSA) is 105 Å². The lowest BCUT2D eigenvalue weighted by atomic mass is 10.3. The Morgan fingerprint density at radius 3 is 1.19 bits per heavy atom. The van der Waals surface area contributed by atoms with Crippen LogP contribution < -0.4 is 20.9 Å². The fourth-order valence-electron chi connectivity index (χ4n) is 3.02. The highest BCUT2D eigenvalue weighted by atomic mass is 32.2. The molecule has 0 aliphatic carbocycles. The Hall–Kier alpha value is -3.97. The number of rotatable bonds is 6. The van der Waals surface area contributed by atoms with Crippen molar-refractivity contribution in [3.8, 4) is 23.0 Å². The average Bonchev–Trinajstić information content (AvgIpc) is 2.77. The highest BCUT2D eigenvalue weighted by molar-refractivity contribution is 7.91. The molecule has 0 spiro atoms. The summed E-state index contributed by atoms with van der Waals surface area (Å²) in [6.45, 7) is 0. The minimum absolute atomic E-state index is 0.00432. The monoisotopic (exact) mass is 432 g/mol. The highest BCUT2D eigenvalue weighted by Gasteiger charge is 2.26. The molecule has 0 aliphatic rings. The van der Waals surface area contributed by atoms with E-state index < -0.39 is 9.84 Å². The zero-order chi connectivity index (χ0) is 21.8. The van der Waals surface area contributed by atoms with Gasteiger partial charge in [0.05, 0.1) is 11.4 Å². The minimum Gasteiger partial charge on any atom is -0.454 e. The van der Waals surface area contributed by atoms with Crippen molar-refractivity contribution in [3.05, 3.63) is 97.1 Å². The molecule has 4 rings (SSSR count). The zero-order valence-corrected chi connectivity index (χ0v) is 17.3. The summed E-state index contributed by atoms with van der Waals surface area (Å²) in [7, 11) is -4.00. The van der Waals surface area contributed by atoms with E-state index in [1.54, 1.807) is 84.9 Å². The van der Waals surface area contributed by atoms with Crippen molar-refractivity contribution in [2.75, 3.05) is 11.5 Å². The molecule has 0 saturated carbocycles. The quantitative estimate of drug-likeness (QED) is 0.402. The van der Waals surface area contributed by atoms with Crippen LogP contribution in [0.15, 0.2) is 107 Å². The van der Waals surface area contributed by atoms with Gasteiger partial charge in [0.1, 0.15) is 32.8 Å². The minimum atomic E-state index is -4.00. The molecule has 7 heteroatoms. The van der Waals surface area contributed by atoms with E-state index in [-0.39, 0.29) is 21.3 Å². The molecular formula is C24H20N2O4S. The fourth-order valence-corrected chi connectivity index (χ4v) is 4.52. The molecular weight excluding hydrogens is 412 g/mol. The number of ether oxygens (including phenoxy) is 2. The first-order valence-electron chi connectivity index (χ1n) is 9.44. The van der Waals surface area contributed by atoms with Gasteiger partial charge in [0.2, 0.25) is 9.84 Å². The van der Waals surface area contributed by atoms with Gasteiger partial charge < -0.3 is 20.9 Å². The molecule has 31 heavy (non-hydrogen) atoms. The second-order valence-electron chi connectivity index (χ2n) is 6.68. The Morgan fingerprint density at radius 2 is 0.806 bits per heavy atom. The Balaban J connectivity index is 1.77. The molecule has 4 N–H and O–H groups in total. The maximum Gasteiger partial charge on any atom is 0.213 e. The number of nitrogens with two attached hydrogens (primary N) is 2. The predicted molar refractivity (Wildman–Crippen MR) is 120 cm³/mol. The van der Waals surface area contributed by atoms with Gasteiger partial charge in [0.15, 0.2) is 0 Å². The van der Waals surface area contributed by atoms with E-state index in [0.29, 0.717) is 22.9 Å². The Morgan fingerprint density at radius 1 is 0.484 bits per heavy atom. The summed E-state index contributed by atoms with van der Waals surface area (Å²) in [5, 5.41) is 0. The van der Waals surface area contributed by atoms with E-state index in [1.165, 1.54) is 12.1 Å². The first-order valence-corrected chi connectivity index (χ1v) is 10.9. The van der Waals surface area contributed by atoms with E-state index in [2.05, 4.69) is 0 Å². The second kappa shape index (κ2) is 8.41. The van der Waals surface area contributed by atoms with Crippen molar-refractivity contribution in [1.82, 2.24) is 0 Å². The molecule has 4 aromatic rings. The summed E-state index contributed by atoms with van der Waals surface area (Å²) in [6, 6.07) is 26.6. The summed E-state index contributed by atoms with van der Waals surface area (Å²) in [4.78, 5) is -0.00864. The van der Waals surface area contributed by atoms with Crippen LogP contribution >= 0.6 is 0 Å². The second-order valence-corrected chi connectivity index (χ2v) is 8.56. The van der Waals surface area contributed by atoms with Gasteiger partial charge in [-0.2, -0.15) is 0 Å². The maximum atomic E-state index is 13.6. The summed E-state index contributed by atoms with van der Waals surface area (Å²) in [5.74, 6) is 1.06. The third kappa shape index (κ3) is 4.17. The van der Waals surface area contributed by atoms with Gasteiger partial charge in [-0.3, -0.25) is 0 Å². The Kier molecular flexibility index (Phi) is 5.51. The first kappa shape index (κ1) is 20.3. The third-order valence-corrected chi connectivity index (χ3v) is 6.39. The lowest BCUT2D eigenvalue weighted by Gasteiger charge is -2.16. The summed E-state index contributed by atoms with van der Waals surface area (Å²) in [5.41, 5.74) is 12.7. The molecule has 0 aromatic heterocycles. The van der Waals surface area contributed by atoms with Crippen molar-refractivity contribution in [2.45, 2.75) is 9.79 Å². The molecule has 6 nitrogen and oxygen atoms in total. The van der Waals surface area contributed by atoms with Crippen molar-refractivity contribution in [2.24, 2.45) is 0 Å². The number of para-hydroxylation sites is 6. The molecule has 0 saturated heterocycles. The molecule has 0 amide bonds. The van der Waals surface area contributed by atoms with Gasteiger partial charge in [-0.15, -0.1) is 0 Å². The van der Waals surface area contributed by atoms with E-state index >= 15 is 0 Å². The normalized spacial score (nSPS) is 11.1. The molecule has 0 aliphatic heterocycles. The van der Waals surface area contributed by atoms with E-state index in [1.807, 2.05) is 0 Å². The van der Waals surface area contributed by atoms with Crippen LogP contribution in [0.3, 0.4) is 0 Å². The van der Waals surface area contributed by atoms with Gasteiger partial charge in [0.25, 0.3) is 0 Å². The molecule has 0 bridgehead atoms. The van der Waals surface area contributed by atoms with Crippen molar-refractivity contribution in [1.29, 1.82) is 0 Å². The zero-order valence-electron chi connectivity index (χ0n) is 16.4. The lowest BCUT2D eigenvalue weighted by molar-refractivity contribution is 0.464. The Labute approximate surface area is 180 Å². The number of anilines is 2. The van der Waals surface area contributed by atoms with Crippen molar-refractivity contribution >= 4 is 21.2 Å². The summed E-state index contributed by atoms with van der Waals surface area (Å²) < 4.78 is 38.9. The van der Waals surface area contributed by atoms with E-state index in [4.69, 9.17) is 20.9 Å². The SMILES string of the molecule is Nc1ccccc1Oc1ccccc1S(=O)(=O)c1ccccc1Oc1ccccc1N. The highest BCUT2D eigenvalue weighted by Crippen LogP contribution is 2.39. The largest absolute Gasteiger partial charge is 0.454 e. The van der Waals surface area contributed by atoms with Crippen LogP contribution in [0.25, 0.3) is 0 Å². The van der Waals surface area contributed by atoms with E-state index in [9.17, 15) is 8.42 Å². The molecule has 0 atom stereocenters. The van der Waals surface area contributed by atoms with Crippen LogP contribution in [-0.4, -0.2) is 8.42 Å². The van der Waals surface area contributed by atoms with Gasteiger partial charge in [-0.1, -0.05) is 48.5 Å². The van der Waals surface area contributed by atoms with Crippen LogP contribution in [-0.2, 0) is 9.84 Å². The molecule has 156 valence electrons. The molecule has 4 aromatic carbocycles. The van der Waals surface area contributed by atoms with Gasteiger partial charge >= 0.3 is 0 Å². The smallest absolute Gasteiger partial charge is 0.213 e. The first-order chi connectivity index (χ1) is 15.0. The molecule has 0 radical (unpaired) electrons. The van der Waals surface area contributed by atoms with Gasteiger partial charge in [0, 0.05) is 0 Å². The van der Waals surface area contributed by atoms with Crippen molar-refractivity contribution < 1.29 is 17.9 Å². The number of benzene rings is 4. The predicted octanol–water partition coefficient (Wildman–Crippen LogP) is 5.27. The molecule has 0 fully saturated rings. The number of sulfone groups is 1. The lowest BCUT2D eigenvalue weighted by Crippen LogP contribution is -2.06. The van der Waals surface area contributed by atoms with Crippen molar-refractivity contribution in [3.63, 3.8) is 0 Å². The fraction of sp³-hybridized carbons (Fsp3) is 0. The number of nitrogen functional groups attached to an aromatic ring is 2. The molecule has 0 heterocycles. The standard InChI is InChI=1S/C24H20N2O4S/c25-17-9-1-3-11-19(17)29-21-13-5-7-15-23(21)31(27,28)24-16-8-6-14-22(24)30-20-12-4-2-10-18(20)26/h1-16H,25-26H2. The van der Waals surface area contributed by atoms with Crippen LogP contribution in [0, 0.1) is 0 Å². The average molecular weight is 433 g/mol.